The number of rotatable bonds is 6. The van der Waals surface area contributed by atoms with Gasteiger partial charge in [0.1, 0.15) is 0 Å². The second kappa shape index (κ2) is 6.40. The minimum absolute atomic E-state index is 0.0753. The number of aliphatic hydroxyl groups excluding tert-OH is 1. The van der Waals surface area contributed by atoms with Crippen LogP contribution in [0.25, 0.3) is 0 Å². The molecule has 1 N–H and O–H groups in total. The molecule has 0 saturated heterocycles. The monoisotopic (exact) mass is 290 g/mol. The van der Waals surface area contributed by atoms with Crippen molar-refractivity contribution in [2.75, 3.05) is 24.0 Å². The minimum atomic E-state index is -0.674. The van der Waals surface area contributed by atoms with Crippen LogP contribution in [-0.2, 0) is 0 Å². The summed E-state index contributed by atoms with van der Waals surface area (Å²) in [6, 6.07) is 1.67. The highest BCUT2D eigenvalue weighted by Gasteiger charge is 2.25. The Balaban J connectivity index is 3.09. The zero-order valence-corrected chi connectivity index (χ0v) is 12.5. The van der Waals surface area contributed by atoms with Crippen molar-refractivity contribution in [1.29, 1.82) is 0 Å². The summed E-state index contributed by atoms with van der Waals surface area (Å²) in [5.41, 5.74) is 0.0753. The Morgan fingerprint density at radius 2 is 2.22 bits per heavy atom. The first-order valence-electron chi connectivity index (χ1n) is 5.56. The van der Waals surface area contributed by atoms with Crippen LogP contribution >= 0.6 is 23.1 Å². The molecule has 102 valence electrons. The van der Waals surface area contributed by atoms with Gasteiger partial charge < -0.3 is 10.0 Å². The molecule has 5 nitrogen and oxygen atoms in total. The molecule has 1 aromatic heterocycles. The highest BCUT2D eigenvalue weighted by molar-refractivity contribution is 7.98. The second-order valence-electron chi connectivity index (χ2n) is 4.19. The lowest BCUT2D eigenvalue weighted by molar-refractivity contribution is -0.383. The highest BCUT2D eigenvalue weighted by Crippen LogP contribution is 2.40. The second-order valence-corrected chi connectivity index (χ2v) is 6.16. The zero-order chi connectivity index (χ0) is 13.9. The van der Waals surface area contributed by atoms with E-state index in [-0.39, 0.29) is 16.7 Å². The van der Waals surface area contributed by atoms with Crippen molar-refractivity contribution < 1.29 is 10.0 Å². The summed E-state index contributed by atoms with van der Waals surface area (Å²) in [5, 5.41) is 21.2. The minimum Gasteiger partial charge on any atom is -0.388 e. The van der Waals surface area contributed by atoms with Crippen molar-refractivity contribution >= 4 is 33.8 Å². The van der Waals surface area contributed by atoms with Crippen LogP contribution in [0.3, 0.4) is 0 Å². The maximum atomic E-state index is 11.0. The Bertz CT molecular complexity index is 420. The standard InChI is InChI=1S/C11H18N2O3S2/c1-7(6-17-4)12(3)11-9(13(15)16)5-10(18-11)8(2)14/h5,7-8,14H,6H2,1-4H3. The fourth-order valence-corrected chi connectivity index (χ4v) is 3.36. The quantitative estimate of drug-likeness (QED) is 0.644. The largest absolute Gasteiger partial charge is 0.388 e. The van der Waals surface area contributed by atoms with Crippen LogP contribution in [0.4, 0.5) is 10.7 Å². The molecule has 1 heterocycles. The average molecular weight is 290 g/mol. The lowest BCUT2D eigenvalue weighted by Gasteiger charge is -2.24. The molecule has 2 atom stereocenters. The van der Waals surface area contributed by atoms with Crippen LogP contribution in [0.2, 0.25) is 0 Å². The maximum Gasteiger partial charge on any atom is 0.304 e. The van der Waals surface area contributed by atoms with E-state index in [1.807, 2.05) is 25.1 Å². The smallest absolute Gasteiger partial charge is 0.304 e. The van der Waals surface area contributed by atoms with Gasteiger partial charge in [-0.2, -0.15) is 11.8 Å². The van der Waals surface area contributed by atoms with Gasteiger partial charge in [-0.15, -0.1) is 11.3 Å². The number of anilines is 1. The number of thioether (sulfide) groups is 1. The Hall–Kier alpha value is -0.790. The van der Waals surface area contributed by atoms with Gasteiger partial charge in [-0.05, 0) is 20.1 Å². The van der Waals surface area contributed by atoms with Crippen molar-refractivity contribution in [2.45, 2.75) is 26.0 Å². The Kier molecular flexibility index (Phi) is 5.43. The molecule has 18 heavy (non-hydrogen) atoms. The normalized spacial score (nSPS) is 14.3. The van der Waals surface area contributed by atoms with Gasteiger partial charge in [-0.25, -0.2) is 0 Å². The van der Waals surface area contributed by atoms with Crippen LogP contribution in [0, 0.1) is 10.1 Å². The molecule has 0 bridgehead atoms. The summed E-state index contributed by atoms with van der Waals surface area (Å²) in [6.07, 6.45) is 1.33. The van der Waals surface area contributed by atoms with Crippen molar-refractivity contribution in [3.8, 4) is 0 Å². The molecule has 0 amide bonds. The van der Waals surface area contributed by atoms with Gasteiger partial charge in [0.15, 0.2) is 5.00 Å². The van der Waals surface area contributed by atoms with E-state index in [2.05, 4.69) is 0 Å². The van der Waals surface area contributed by atoms with Crippen molar-refractivity contribution in [1.82, 2.24) is 0 Å². The van der Waals surface area contributed by atoms with Crippen LogP contribution < -0.4 is 4.90 Å². The molecule has 0 aliphatic rings. The van der Waals surface area contributed by atoms with Crippen LogP contribution in [-0.4, -0.2) is 35.1 Å². The summed E-state index contributed by atoms with van der Waals surface area (Å²) < 4.78 is 0. The van der Waals surface area contributed by atoms with E-state index in [0.717, 1.165) is 5.75 Å². The summed E-state index contributed by atoms with van der Waals surface area (Å²) in [5.74, 6) is 0.898. The highest BCUT2D eigenvalue weighted by atomic mass is 32.2. The lowest BCUT2D eigenvalue weighted by atomic mass is 10.3. The van der Waals surface area contributed by atoms with Crippen molar-refractivity contribution in [3.63, 3.8) is 0 Å². The van der Waals surface area contributed by atoms with Gasteiger partial charge in [0.25, 0.3) is 0 Å². The molecular weight excluding hydrogens is 272 g/mol. The first kappa shape index (κ1) is 15.3. The Morgan fingerprint density at radius 1 is 1.61 bits per heavy atom. The molecule has 0 spiro atoms. The average Bonchev–Trinajstić information content (AvgIpc) is 2.73. The first-order chi connectivity index (χ1) is 8.38. The predicted molar refractivity (Wildman–Crippen MR) is 77.9 cm³/mol. The summed E-state index contributed by atoms with van der Waals surface area (Å²) in [4.78, 5) is 13.2. The molecule has 7 heteroatoms. The fourth-order valence-electron chi connectivity index (χ4n) is 1.53. The summed E-state index contributed by atoms with van der Waals surface area (Å²) in [6.45, 7) is 3.65. The number of aliphatic hydroxyl groups is 1. The summed E-state index contributed by atoms with van der Waals surface area (Å²) >= 11 is 2.99. The third kappa shape index (κ3) is 3.37. The number of hydrogen-bond acceptors (Lipinski definition) is 6. The van der Waals surface area contributed by atoms with Crippen LogP contribution in [0.1, 0.15) is 24.8 Å². The van der Waals surface area contributed by atoms with Crippen molar-refractivity contribution in [2.24, 2.45) is 0 Å². The number of hydrogen-bond donors (Lipinski definition) is 1. The molecule has 1 rings (SSSR count). The van der Waals surface area contributed by atoms with Crippen LogP contribution in [0.15, 0.2) is 6.07 Å². The maximum absolute atomic E-state index is 11.0. The van der Waals surface area contributed by atoms with E-state index >= 15 is 0 Å². The third-order valence-corrected chi connectivity index (χ3v) is 4.91. The molecule has 0 aliphatic heterocycles. The molecular formula is C11H18N2O3S2. The molecule has 0 aromatic carbocycles. The zero-order valence-electron chi connectivity index (χ0n) is 10.9. The lowest BCUT2D eigenvalue weighted by Crippen LogP contribution is -2.30. The van der Waals surface area contributed by atoms with Crippen LogP contribution in [0.5, 0.6) is 0 Å². The van der Waals surface area contributed by atoms with Gasteiger partial charge in [-0.3, -0.25) is 10.1 Å². The molecule has 0 radical (unpaired) electrons. The van der Waals surface area contributed by atoms with E-state index in [1.165, 1.54) is 17.4 Å². The number of thiophene rings is 1. The van der Waals surface area contributed by atoms with E-state index in [4.69, 9.17) is 0 Å². The Labute approximate surface area is 115 Å². The SMILES string of the molecule is CSCC(C)N(C)c1sc(C(C)O)cc1[N+](=O)[O-]. The first-order valence-corrected chi connectivity index (χ1v) is 7.77. The fraction of sp³-hybridized carbons (Fsp3) is 0.636. The Morgan fingerprint density at radius 3 is 2.67 bits per heavy atom. The van der Waals surface area contributed by atoms with E-state index in [0.29, 0.717) is 9.88 Å². The molecule has 1 aromatic rings. The molecule has 0 saturated carbocycles. The van der Waals surface area contributed by atoms with Gasteiger partial charge in [0, 0.05) is 29.8 Å². The van der Waals surface area contributed by atoms with Crippen molar-refractivity contribution in [3.05, 3.63) is 21.1 Å². The predicted octanol–water partition coefficient (Wildman–Crippen LogP) is 2.90. The number of nitro groups is 1. The molecule has 2 unspecified atom stereocenters. The van der Waals surface area contributed by atoms with Gasteiger partial charge in [0.05, 0.1) is 11.0 Å². The third-order valence-electron chi connectivity index (χ3n) is 2.71. The van der Waals surface area contributed by atoms with E-state index < -0.39 is 6.10 Å². The van der Waals surface area contributed by atoms with Gasteiger partial charge in [0.2, 0.25) is 0 Å². The molecule has 0 fully saturated rings. The van der Waals surface area contributed by atoms with E-state index in [1.54, 1.807) is 18.7 Å². The van der Waals surface area contributed by atoms with E-state index in [9.17, 15) is 15.2 Å². The topological polar surface area (TPSA) is 66.6 Å². The molecule has 0 aliphatic carbocycles. The van der Waals surface area contributed by atoms with Gasteiger partial charge >= 0.3 is 5.69 Å². The summed E-state index contributed by atoms with van der Waals surface area (Å²) in [7, 11) is 1.85. The van der Waals surface area contributed by atoms with Gasteiger partial charge in [-0.1, -0.05) is 0 Å². The number of nitrogens with zero attached hydrogens (tertiary/aromatic N) is 2.